The first-order valence-electron chi connectivity index (χ1n) is 4.41. The smallest absolute Gasteiger partial charge is 0.182 e. The first kappa shape index (κ1) is 9.10. The molecule has 3 heterocycles. The van der Waals surface area contributed by atoms with Gasteiger partial charge in [0.2, 0.25) is 0 Å². The molecule has 0 atom stereocenters. The molecule has 3 aromatic rings. The second-order valence-electron chi connectivity index (χ2n) is 3.11. The Bertz CT molecular complexity index is 636. The summed E-state index contributed by atoms with van der Waals surface area (Å²) in [6, 6.07) is 0. The number of nitrogen functional groups attached to an aromatic ring is 1. The lowest BCUT2D eigenvalue weighted by molar-refractivity contribution is 0.853. The quantitative estimate of drug-likeness (QED) is 0.649. The Morgan fingerprint density at radius 3 is 2.94 bits per heavy atom. The predicted octanol–water partition coefficient (Wildman–Crippen LogP) is 0.774. The molecule has 8 heteroatoms. The number of aromatic amines is 1. The number of nitrogens with zero attached hydrogens (tertiary/aromatic N) is 5. The zero-order valence-electron chi connectivity index (χ0n) is 7.92. The maximum absolute atomic E-state index is 5.83. The van der Waals surface area contributed by atoms with Crippen molar-refractivity contribution in [3.8, 4) is 5.82 Å². The molecule has 0 unspecified atom stereocenters. The zero-order chi connectivity index (χ0) is 11.1. The first-order chi connectivity index (χ1) is 7.75. The summed E-state index contributed by atoms with van der Waals surface area (Å²) < 4.78 is 1.49. The molecular weight excluding hydrogens is 230 g/mol. The molecule has 0 aliphatic rings. The maximum Gasteiger partial charge on any atom is 0.182 e. The van der Waals surface area contributed by atoms with Crippen molar-refractivity contribution in [3.05, 3.63) is 23.9 Å². The van der Waals surface area contributed by atoms with E-state index in [0.717, 1.165) is 0 Å². The lowest BCUT2D eigenvalue weighted by atomic mass is 10.5. The normalized spacial score (nSPS) is 11.1. The van der Waals surface area contributed by atoms with Crippen LogP contribution >= 0.6 is 11.6 Å². The SMILES string of the molecule is Nc1nn(-c2ncnc3nc[nH]c23)cc1Cl. The molecule has 0 saturated carbocycles. The van der Waals surface area contributed by atoms with Crippen molar-refractivity contribution in [1.82, 2.24) is 29.7 Å². The van der Waals surface area contributed by atoms with Crippen LogP contribution in [0.5, 0.6) is 0 Å². The third kappa shape index (κ3) is 1.22. The second kappa shape index (κ2) is 3.17. The van der Waals surface area contributed by atoms with Crippen LogP contribution in [-0.4, -0.2) is 29.7 Å². The Labute approximate surface area is 94.3 Å². The molecule has 0 aromatic carbocycles. The molecule has 0 bridgehead atoms. The Hall–Kier alpha value is -2.15. The molecule has 80 valence electrons. The van der Waals surface area contributed by atoms with E-state index in [9.17, 15) is 0 Å². The number of aromatic nitrogens is 6. The fourth-order valence-corrected chi connectivity index (χ4v) is 1.53. The number of H-pyrrole nitrogens is 1. The van der Waals surface area contributed by atoms with Gasteiger partial charge in [-0.25, -0.2) is 19.6 Å². The third-order valence-corrected chi connectivity index (χ3v) is 2.41. The van der Waals surface area contributed by atoms with Crippen LogP contribution in [0.15, 0.2) is 18.9 Å². The number of rotatable bonds is 1. The van der Waals surface area contributed by atoms with Crippen LogP contribution in [0.2, 0.25) is 5.02 Å². The van der Waals surface area contributed by atoms with Gasteiger partial charge in [-0.05, 0) is 0 Å². The fraction of sp³-hybridized carbons (Fsp3) is 0. The summed E-state index contributed by atoms with van der Waals surface area (Å²) in [5.41, 5.74) is 6.81. The number of fused-ring (bicyclic) bond motifs is 1. The minimum absolute atomic E-state index is 0.257. The number of halogens is 1. The minimum atomic E-state index is 0.257. The van der Waals surface area contributed by atoms with E-state index in [1.165, 1.54) is 17.3 Å². The number of imidazole rings is 1. The van der Waals surface area contributed by atoms with Gasteiger partial charge in [-0.1, -0.05) is 11.6 Å². The third-order valence-electron chi connectivity index (χ3n) is 2.12. The van der Waals surface area contributed by atoms with E-state index in [2.05, 4.69) is 25.0 Å². The molecular formula is C8H6ClN7. The van der Waals surface area contributed by atoms with E-state index in [1.807, 2.05) is 0 Å². The van der Waals surface area contributed by atoms with Gasteiger partial charge >= 0.3 is 0 Å². The molecule has 0 aliphatic heterocycles. The van der Waals surface area contributed by atoms with E-state index in [-0.39, 0.29) is 5.82 Å². The Kier molecular flexibility index (Phi) is 1.80. The van der Waals surface area contributed by atoms with E-state index < -0.39 is 0 Å². The van der Waals surface area contributed by atoms with Crippen LogP contribution in [0.1, 0.15) is 0 Å². The van der Waals surface area contributed by atoms with Gasteiger partial charge in [0.25, 0.3) is 0 Å². The molecule has 0 spiro atoms. The van der Waals surface area contributed by atoms with Crippen molar-refractivity contribution < 1.29 is 0 Å². The summed E-state index contributed by atoms with van der Waals surface area (Å²) in [4.78, 5) is 15.1. The Balaban J connectivity index is 2.29. The van der Waals surface area contributed by atoms with Crippen molar-refractivity contribution in [2.45, 2.75) is 0 Å². The second-order valence-corrected chi connectivity index (χ2v) is 3.51. The number of hydrogen-bond donors (Lipinski definition) is 2. The summed E-state index contributed by atoms with van der Waals surface area (Å²) in [7, 11) is 0. The molecule has 0 saturated heterocycles. The van der Waals surface area contributed by atoms with Crippen molar-refractivity contribution in [3.63, 3.8) is 0 Å². The number of nitrogens with one attached hydrogen (secondary N) is 1. The van der Waals surface area contributed by atoms with Crippen molar-refractivity contribution in [1.29, 1.82) is 0 Å². The zero-order valence-corrected chi connectivity index (χ0v) is 8.68. The first-order valence-corrected chi connectivity index (χ1v) is 4.78. The largest absolute Gasteiger partial charge is 0.381 e. The average molecular weight is 236 g/mol. The van der Waals surface area contributed by atoms with E-state index >= 15 is 0 Å². The van der Waals surface area contributed by atoms with Gasteiger partial charge in [0.05, 0.1) is 12.5 Å². The predicted molar refractivity (Wildman–Crippen MR) is 58.2 cm³/mol. The van der Waals surface area contributed by atoms with E-state index in [0.29, 0.717) is 22.0 Å². The highest BCUT2D eigenvalue weighted by Crippen LogP contribution is 2.20. The van der Waals surface area contributed by atoms with Crippen LogP contribution in [0.4, 0.5) is 5.82 Å². The highest BCUT2D eigenvalue weighted by atomic mass is 35.5. The van der Waals surface area contributed by atoms with Crippen LogP contribution in [0, 0.1) is 0 Å². The maximum atomic E-state index is 5.83. The van der Waals surface area contributed by atoms with Gasteiger partial charge in [-0.2, -0.15) is 0 Å². The van der Waals surface area contributed by atoms with Crippen LogP contribution in [0.25, 0.3) is 17.0 Å². The summed E-state index contributed by atoms with van der Waals surface area (Å²) in [6.07, 6.45) is 4.53. The van der Waals surface area contributed by atoms with E-state index in [1.54, 1.807) is 6.20 Å². The van der Waals surface area contributed by atoms with Gasteiger partial charge in [-0.15, -0.1) is 5.10 Å². The molecule has 7 nitrogen and oxygen atoms in total. The number of nitrogens with two attached hydrogens (primary N) is 1. The van der Waals surface area contributed by atoms with Crippen molar-refractivity contribution in [2.75, 3.05) is 5.73 Å². The Morgan fingerprint density at radius 2 is 2.19 bits per heavy atom. The van der Waals surface area contributed by atoms with Crippen LogP contribution in [-0.2, 0) is 0 Å². The summed E-state index contributed by atoms with van der Waals surface area (Å²) >= 11 is 5.83. The average Bonchev–Trinajstić information content (AvgIpc) is 2.85. The lowest BCUT2D eigenvalue weighted by Crippen LogP contribution is -2.01. The van der Waals surface area contributed by atoms with Gasteiger partial charge in [0, 0.05) is 0 Å². The van der Waals surface area contributed by atoms with Gasteiger partial charge in [0.1, 0.15) is 16.9 Å². The summed E-state index contributed by atoms with van der Waals surface area (Å²) in [5, 5.41) is 4.42. The standard InChI is InChI=1S/C8H6ClN7/c9-4-1-16(15-6(4)10)8-5-7(12-2-11-5)13-3-14-8/h1-3H,(H2,10,15)(H,11,12,13,14). The minimum Gasteiger partial charge on any atom is -0.381 e. The van der Waals surface area contributed by atoms with Crippen molar-refractivity contribution >= 4 is 28.6 Å². The number of anilines is 1. The number of hydrogen-bond acceptors (Lipinski definition) is 5. The fourth-order valence-electron chi connectivity index (χ4n) is 1.40. The van der Waals surface area contributed by atoms with Gasteiger partial charge < -0.3 is 10.7 Å². The van der Waals surface area contributed by atoms with Crippen LogP contribution in [0.3, 0.4) is 0 Å². The van der Waals surface area contributed by atoms with Gasteiger partial charge in [0.15, 0.2) is 17.3 Å². The molecule has 0 aliphatic carbocycles. The van der Waals surface area contributed by atoms with E-state index in [4.69, 9.17) is 17.3 Å². The summed E-state index contributed by atoms with van der Waals surface area (Å²) in [5.74, 6) is 0.814. The molecule has 3 aromatic heterocycles. The monoisotopic (exact) mass is 235 g/mol. The summed E-state index contributed by atoms with van der Waals surface area (Å²) in [6.45, 7) is 0. The Morgan fingerprint density at radius 1 is 1.31 bits per heavy atom. The van der Waals surface area contributed by atoms with Crippen molar-refractivity contribution in [2.24, 2.45) is 0 Å². The molecule has 3 rings (SSSR count). The van der Waals surface area contributed by atoms with Gasteiger partial charge in [-0.3, -0.25) is 0 Å². The molecule has 0 radical (unpaired) electrons. The topological polar surface area (TPSA) is 98.3 Å². The van der Waals surface area contributed by atoms with Crippen LogP contribution < -0.4 is 5.73 Å². The molecule has 0 fully saturated rings. The molecule has 16 heavy (non-hydrogen) atoms. The highest BCUT2D eigenvalue weighted by Gasteiger charge is 2.10. The molecule has 3 N–H and O–H groups in total. The highest BCUT2D eigenvalue weighted by molar-refractivity contribution is 6.32. The lowest BCUT2D eigenvalue weighted by Gasteiger charge is -1.99. The molecule has 0 amide bonds.